The molecule has 0 aliphatic heterocycles. The smallest absolute Gasteiger partial charge is 0.150 e. The van der Waals surface area contributed by atoms with Crippen LogP contribution in [0.1, 0.15) is 24.1 Å². The van der Waals surface area contributed by atoms with Crippen LogP contribution >= 0.6 is 0 Å². The van der Waals surface area contributed by atoms with E-state index in [-0.39, 0.29) is 0 Å². The molecule has 0 saturated heterocycles. The summed E-state index contributed by atoms with van der Waals surface area (Å²) in [6.45, 7) is 3.57. The van der Waals surface area contributed by atoms with Crippen molar-refractivity contribution in [1.29, 1.82) is 0 Å². The van der Waals surface area contributed by atoms with Crippen LogP contribution in [0.2, 0.25) is 0 Å². The van der Waals surface area contributed by atoms with Crippen LogP contribution in [0.4, 0.5) is 0 Å². The zero-order chi connectivity index (χ0) is 16.2. The fraction of sp³-hybridized carbons (Fsp3) is 0.353. The van der Waals surface area contributed by atoms with Crippen molar-refractivity contribution in [3.63, 3.8) is 0 Å². The average Bonchev–Trinajstić information content (AvgIpc) is 3.02. The first kappa shape index (κ1) is 15.4. The number of nitrogens with zero attached hydrogens (tertiary/aromatic N) is 4. The van der Waals surface area contributed by atoms with Crippen molar-refractivity contribution in [3.8, 4) is 5.75 Å². The second-order valence-corrected chi connectivity index (χ2v) is 5.55. The third-order valence-corrected chi connectivity index (χ3v) is 3.80. The molecule has 0 amide bonds. The Labute approximate surface area is 135 Å². The largest absolute Gasteiger partial charge is 0.494 e. The number of aromatic amines is 1. The Kier molecular flexibility index (Phi) is 4.52. The molecule has 6 nitrogen and oxygen atoms in total. The summed E-state index contributed by atoms with van der Waals surface area (Å²) in [6.07, 6.45) is 2.63. The van der Waals surface area contributed by atoms with E-state index in [0.29, 0.717) is 0 Å². The van der Waals surface area contributed by atoms with Crippen LogP contribution in [0.5, 0.6) is 5.75 Å². The van der Waals surface area contributed by atoms with E-state index in [1.165, 1.54) is 5.56 Å². The van der Waals surface area contributed by atoms with Crippen molar-refractivity contribution in [1.82, 2.24) is 25.1 Å². The van der Waals surface area contributed by atoms with Crippen LogP contribution in [-0.2, 0) is 19.5 Å². The first-order chi connectivity index (χ1) is 11.2. The van der Waals surface area contributed by atoms with Gasteiger partial charge in [0.2, 0.25) is 0 Å². The summed E-state index contributed by atoms with van der Waals surface area (Å²) in [6, 6.07) is 8.10. The number of nitrogens with one attached hydrogen (secondary N) is 1. The van der Waals surface area contributed by atoms with Crippen molar-refractivity contribution >= 4 is 10.9 Å². The number of ether oxygens (including phenoxy) is 1. The van der Waals surface area contributed by atoms with Crippen molar-refractivity contribution in [2.45, 2.75) is 26.4 Å². The fourth-order valence-electron chi connectivity index (χ4n) is 2.67. The zero-order valence-electron chi connectivity index (χ0n) is 13.7. The minimum Gasteiger partial charge on any atom is -0.494 e. The van der Waals surface area contributed by atoms with Gasteiger partial charge in [0, 0.05) is 24.5 Å². The van der Waals surface area contributed by atoms with E-state index in [9.17, 15) is 0 Å². The molecule has 0 atom stereocenters. The highest BCUT2D eigenvalue weighted by molar-refractivity contribution is 5.87. The maximum Gasteiger partial charge on any atom is 0.150 e. The van der Waals surface area contributed by atoms with Gasteiger partial charge in [0.15, 0.2) is 0 Å². The lowest BCUT2D eigenvalue weighted by molar-refractivity contribution is 0.312. The second kappa shape index (κ2) is 6.75. The van der Waals surface area contributed by atoms with Crippen LogP contribution < -0.4 is 4.74 Å². The number of aryl methyl sites for hydroxylation is 1. The molecule has 2 aromatic heterocycles. The molecule has 0 spiro atoms. The molecule has 0 saturated carbocycles. The predicted molar refractivity (Wildman–Crippen MR) is 89.2 cm³/mol. The van der Waals surface area contributed by atoms with E-state index in [4.69, 9.17) is 4.74 Å². The topological polar surface area (TPSA) is 66.9 Å². The number of hydrogen-bond donors (Lipinski definition) is 1. The summed E-state index contributed by atoms with van der Waals surface area (Å²) in [4.78, 5) is 11.1. The molecule has 3 rings (SSSR count). The van der Waals surface area contributed by atoms with Crippen LogP contribution in [-0.4, -0.2) is 39.2 Å². The van der Waals surface area contributed by atoms with Crippen molar-refractivity contribution in [3.05, 3.63) is 47.7 Å². The summed E-state index contributed by atoms with van der Waals surface area (Å²) < 4.78 is 5.40. The highest BCUT2D eigenvalue weighted by Crippen LogP contribution is 2.27. The first-order valence-electron chi connectivity index (χ1n) is 7.70. The van der Waals surface area contributed by atoms with Gasteiger partial charge in [0.25, 0.3) is 0 Å². The molecule has 1 N–H and O–H groups in total. The van der Waals surface area contributed by atoms with Crippen molar-refractivity contribution in [2.24, 2.45) is 0 Å². The van der Waals surface area contributed by atoms with Crippen molar-refractivity contribution in [2.75, 3.05) is 14.2 Å². The second-order valence-electron chi connectivity index (χ2n) is 5.55. The number of benzene rings is 1. The van der Waals surface area contributed by atoms with E-state index >= 15 is 0 Å². The quantitative estimate of drug-likeness (QED) is 0.758. The van der Waals surface area contributed by atoms with Crippen molar-refractivity contribution < 1.29 is 4.74 Å². The Morgan fingerprint density at radius 2 is 2.09 bits per heavy atom. The molecule has 1 aromatic carbocycles. The van der Waals surface area contributed by atoms with Gasteiger partial charge in [0.05, 0.1) is 13.7 Å². The van der Waals surface area contributed by atoms with Gasteiger partial charge in [-0.15, -0.1) is 0 Å². The van der Waals surface area contributed by atoms with E-state index in [0.717, 1.165) is 47.8 Å². The third kappa shape index (κ3) is 3.32. The summed E-state index contributed by atoms with van der Waals surface area (Å²) in [5.74, 6) is 2.54. The minimum absolute atomic E-state index is 0.723. The van der Waals surface area contributed by atoms with Gasteiger partial charge in [-0.1, -0.05) is 19.1 Å². The summed E-state index contributed by atoms with van der Waals surface area (Å²) in [5.41, 5.74) is 2.11. The number of aromatic nitrogens is 4. The van der Waals surface area contributed by atoms with Gasteiger partial charge in [-0.2, -0.15) is 5.10 Å². The highest BCUT2D eigenvalue weighted by Gasteiger charge is 2.11. The molecule has 120 valence electrons. The zero-order valence-corrected chi connectivity index (χ0v) is 13.7. The number of rotatable bonds is 6. The van der Waals surface area contributed by atoms with Gasteiger partial charge >= 0.3 is 0 Å². The molecule has 0 aliphatic rings. The van der Waals surface area contributed by atoms with Gasteiger partial charge in [-0.25, -0.2) is 4.98 Å². The maximum atomic E-state index is 5.40. The Morgan fingerprint density at radius 1 is 1.22 bits per heavy atom. The minimum atomic E-state index is 0.723. The SMILES string of the molecule is CCc1n[nH]c(CN(C)Cc2ccc(OC)c3ncccc23)n1. The fourth-order valence-corrected chi connectivity index (χ4v) is 2.67. The Balaban J connectivity index is 1.80. The van der Waals surface area contributed by atoms with E-state index in [1.807, 2.05) is 19.1 Å². The van der Waals surface area contributed by atoms with Gasteiger partial charge in [-0.05, 0) is 24.7 Å². The summed E-state index contributed by atoms with van der Waals surface area (Å²) >= 11 is 0. The predicted octanol–water partition coefficient (Wildman–Crippen LogP) is 2.56. The lowest BCUT2D eigenvalue weighted by Crippen LogP contribution is -2.18. The standard InChI is InChI=1S/C17H21N5O/c1-4-15-19-16(21-20-15)11-22(2)10-12-7-8-14(23-3)17-13(12)6-5-9-18-17/h5-9H,4,10-11H2,1-3H3,(H,19,20,21). The molecule has 0 bridgehead atoms. The molecular weight excluding hydrogens is 290 g/mol. The van der Waals surface area contributed by atoms with E-state index in [2.05, 4.69) is 44.2 Å². The number of pyridine rings is 1. The van der Waals surface area contributed by atoms with Crippen LogP contribution in [0.3, 0.4) is 0 Å². The molecule has 0 radical (unpaired) electrons. The molecule has 3 aromatic rings. The van der Waals surface area contributed by atoms with Crippen LogP contribution in [0, 0.1) is 0 Å². The Bertz CT molecular complexity index is 799. The number of methoxy groups -OCH3 is 1. The number of hydrogen-bond acceptors (Lipinski definition) is 5. The lowest BCUT2D eigenvalue weighted by Gasteiger charge is -2.17. The highest BCUT2D eigenvalue weighted by atomic mass is 16.5. The molecule has 0 aliphatic carbocycles. The van der Waals surface area contributed by atoms with E-state index < -0.39 is 0 Å². The Morgan fingerprint density at radius 3 is 2.83 bits per heavy atom. The van der Waals surface area contributed by atoms with Gasteiger partial charge in [0.1, 0.15) is 22.9 Å². The van der Waals surface area contributed by atoms with Crippen LogP contribution in [0.15, 0.2) is 30.5 Å². The molecule has 6 heteroatoms. The maximum absolute atomic E-state index is 5.40. The molecular formula is C17H21N5O. The van der Waals surface area contributed by atoms with Crippen LogP contribution in [0.25, 0.3) is 10.9 Å². The first-order valence-corrected chi connectivity index (χ1v) is 7.70. The van der Waals surface area contributed by atoms with Gasteiger partial charge in [-0.3, -0.25) is 15.0 Å². The monoisotopic (exact) mass is 311 g/mol. The molecule has 0 fully saturated rings. The molecule has 23 heavy (non-hydrogen) atoms. The lowest BCUT2D eigenvalue weighted by atomic mass is 10.1. The Hall–Kier alpha value is -2.47. The molecule has 2 heterocycles. The number of H-pyrrole nitrogens is 1. The third-order valence-electron chi connectivity index (χ3n) is 3.80. The van der Waals surface area contributed by atoms with Gasteiger partial charge < -0.3 is 4.74 Å². The molecule has 0 unspecified atom stereocenters. The number of fused-ring (bicyclic) bond motifs is 1. The summed E-state index contributed by atoms with van der Waals surface area (Å²) in [5, 5.41) is 8.29. The van der Waals surface area contributed by atoms with E-state index in [1.54, 1.807) is 13.3 Å². The average molecular weight is 311 g/mol. The normalized spacial score (nSPS) is 11.3. The summed E-state index contributed by atoms with van der Waals surface area (Å²) in [7, 11) is 3.74.